The lowest BCUT2D eigenvalue weighted by Crippen LogP contribution is -2.28. The Morgan fingerprint density at radius 3 is 2.71 bits per heavy atom. The number of para-hydroxylation sites is 1. The molecule has 5 nitrogen and oxygen atoms in total. The predicted molar refractivity (Wildman–Crippen MR) is 113 cm³/mol. The number of aromatic amines is 1. The van der Waals surface area contributed by atoms with Gasteiger partial charge in [-0.2, -0.15) is 0 Å². The van der Waals surface area contributed by atoms with E-state index >= 15 is 0 Å². The van der Waals surface area contributed by atoms with Crippen molar-refractivity contribution < 1.29 is 4.79 Å². The van der Waals surface area contributed by atoms with Crippen LogP contribution in [0.5, 0.6) is 0 Å². The van der Waals surface area contributed by atoms with Gasteiger partial charge in [0.15, 0.2) is 0 Å². The van der Waals surface area contributed by atoms with Crippen molar-refractivity contribution in [3.05, 3.63) is 86.6 Å². The van der Waals surface area contributed by atoms with Crippen LogP contribution >= 0.6 is 11.3 Å². The molecule has 0 saturated heterocycles. The molecule has 3 heterocycles. The van der Waals surface area contributed by atoms with Gasteiger partial charge in [-0.1, -0.05) is 24.3 Å². The standard InChI is InChI=1S/C22H19N3O2S/c1-13-10-14(2)24-22(27)17(13)12-23-21(26)16-11-19(20-8-5-9-28-20)25-18-7-4-3-6-15(16)18/h3-11H,12H2,1-2H3,(H,23,26)(H,24,27). The second kappa shape index (κ2) is 7.40. The summed E-state index contributed by atoms with van der Waals surface area (Å²) < 4.78 is 0. The molecule has 1 amide bonds. The molecule has 0 bridgehead atoms. The van der Waals surface area contributed by atoms with Crippen molar-refractivity contribution >= 4 is 28.1 Å². The molecular weight excluding hydrogens is 370 g/mol. The zero-order valence-electron chi connectivity index (χ0n) is 15.6. The molecule has 0 aliphatic rings. The summed E-state index contributed by atoms with van der Waals surface area (Å²) in [6.45, 7) is 3.89. The van der Waals surface area contributed by atoms with Crippen molar-refractivity contribution in [3.8, 4) is 10.6 Å². The second-order valence-electron chi connectivity index (χ2n) is 6.68. The quantitative estimate of drug-likeness (QED) is 0.549. The van der Waals surface area contributed by atoms with E-state index in [2.05, 4.69) is 10.3 Å². The summed E-state index contributed by atoms with van der Waals surface area (Å²) >= 11 is 1.58. The Balaban J connectivity index is 1.70. The molecule has 0 atom stereocenters. The van der Waals surface area contributed by atoms with Crippen LogP contribution in [0.25, 0.3) is 21.5 Å². The maximum Gasteiger partial charge on any atom is 0.253 e. The van der Waals surface area contributed by atoms with Crippen molar-refractivity contribution in [3.63, 3.8) is 0 Å². The Morgan fingerprint density at radius 2 is 1.96 bits per heavy atom. The summed E-state index contributed by atoms with van der Waals surface area (Å²) in [6.07, 6.45) is 0. The molecule has 0 aliphatic heterocycles. The normalized spacial score (nSPS) is 10.9. The number of amides is 1. The maximum absolute atomic E-state index is 13.0. The summed E-state index contributed by atoms with van der Waals surface area (Å²) in [7, 11) is 0. The molecular formula is C22H19N3O2S. The van der Waals surface area contributed by atoms with Gasteiger partial charge in [-0.3, -0.25) is 9.59 Å². The van der Waals surface area contributed by atoms with E-state index in [1.54, 1.807) is 11.3 Å². The fourth-order valence-electron chi connectivity index (χ4n) is 3.28. The lowest BCUT2D eigenvalue weighted by molar-refractivity contribution is 0.0952. The third-order valence-electron chi connectivity index (χ3n) is 4.65. The van der Waals surface area contributed by atoms with Crippen molar-refractivity contribution in [2.24, 2.45) is 0 Å². The lowest BCUT2D eigenvalue weighted by atomic mass is 10.1. The largest absolute Gasteiger partial charge is 0.348 e. The molecule has 0 saturated carbocycles. The first-order valence-corrected chi connectivity index (χ1v) is 9.82. The Morgan fingerprint density at radius 1 is 1.14 bits per heavy atom. The van der Waals surface area contributed by atoms with Gasteiger partial charge in [0, 0.05) is 23.2 Å². The number of carbonyl (C=O) groups is 1. The first-order chi connectivity index (χ1) is 13.5. The van der Waals surface area contributed by atoms with Gasteiger partial charge in [0.1, 0.15) is 0 Å². The van der Waals surface area contributed by atoms with Crippen molar-refractivity contribution in [2.75, 3.05) is 0 Å². The minimum atomic E-state index is -0.226. The zero-order valence-corrected chi connectivity index (χ0v) is 16.4. The van der Waals surface area contributed by atoms with Gasteiger partial charge in [0.05, 0.1) is 21.7 Å². The topological polar surface area (TPSA) is 74.8 Å². The van der Waals surface area contributed by atoms with E-state index in [4.69, 9.17) is 4.98 Å². The number of aryl methyl sites for hydroxylation is 2. The van der Waals surface area contributed by atoms with Crippen LogP contribution in [-0.2, 0) is 6.54 Å². The molecule has 0 unspecified atom stereocenters. The molecule has 28 heavy (non-hydrogen) atoms. The van der Waals surface area contributed by atoms with Gasteiger partial charge in [0.25, 0.3) is 11.5 Å². The van der Waals surface area contributed by atoms with Gasteiger partial charge in [-0.05, 0) is 49.1 Å². The monoisotopic (exact) mass is 389 g/mol. The van der Waals surface area contributed by atoms with Crippen LogP contribution in [0, 0.1) is 13.8 Å². The summed E-state index contributed by atoms with van der Waals surface area (Å²) in [5, 5.41) is 5.67. The zero-order chi connectivity index (χ0) is 19.7. The number of fused-ring (bicyclic) bond motifs is 1. The van der Waals surface area contributed by atoms with E-state index in [1.807, 2.05) is 67.8 Å². The van der Waals surface area contributed by atoms with Gasteiger partial charge >= 0.3 is 0 Å². The van der Waals surface area contributed by atoms with E-state index in [0.29, 0.717) is 11.1 Å². The molecule has 0 fully saturated rings. The smallest absolute Gasteiger partial charge is 0.253 e. The van der Waals surface area contributed by atoms with Gasteiger partial charge < -0.3 is 10.3 Å². The summed E-state index contributed by atoms with van der Waals surface area (Å²) in [4.78, 5) is 33.7. The predicted octanol–water partition coefficient (Wildman–Crippen LogP) is 4.20. The Hall–Kier alpha value is -3.25. The summed E-state index contributed by atoms with van der Waals surface area (Å²) in [5.41, 5.74) is 4.15. The van der Waals surface area contributed by atoms with Crippen LogP contribution < -0.4 is 10.9 Å². The number of nitrogens with zero attached hydrogens (tertiary/aromatic N) is 1. The van der Waals surface area contributed by atoms with Crippen LogP contribution in [0.15, 0.2) is 58.7 Å². The molecule has 6 heteroatoms. The Bertz CT molecular complexity index is 1230. The van der Waals surface area contributed by atoms with E-state index in [9.17, 15) is 9.59 Å². The van der Waals surface area contributed by atoms with E-state index in [-0.39, 0.29) is 18.0 Å². The van der Waals surface area contributed by atoms with E-state index < -0.39 is 0 Å². The molecule has 3 aromatic heterocycles. The molecule has 0 radical (unpaired) electrons. The van der Waals surface area contributed by atoms with Crippen molar-refractivity contribution in [2.45, 2.75) is 20.4 Å². The third-order valence-corrected chi connectivity index (χ3v) is 5.55. The minimum Gasteiger partial charge on any atom is -0.348 e. The van der Waals surface area contributed by atoms with Crippen LogP contribution in [0.3, 0.4) is 0 Å². The highest BCUT2D eigenvalue weighted by molar-refractivity contribution is 7.13. The highest BCUT2D eigenvalue weighted by Crippen LogP contribution is 2.27. The molecule has 0 aliphatic carbocycles. The Labute approximate surface area is 166 Å². The average Bonchev–Trinajstić information content (AvgIpc) is 3.21. The fraction of sp³-hybridized carbons (Fsp3) is 0.136. The molecule has 2 N–H and O–H groups in total. The number of nitrogens with one attached hydrogen (secondary N) is 2. The molecule has 140 valence electrons. The van der Waals surface area contributed by atoms with Crippen LogP contribution in [-0.4, -0.2) is 15.9 Å². The molecule has 0 spiro atoms. The fourth-order valence-corrected chi connectivity index (χ4v) is 3.97. The second-order valence-corrected chi connectivity index (χ2v) is 7.62. The number of H-pyrrole nitrogens is 1. The van der Waals surface area contributed by atoms with Crippen LogP contribution in [0.2, 0.25) is 0 Å². The lowest BCUT2D eigenvalue weighted by Gasteiger charge is -2.11. The van der Waals surface area contributed by atoms with Crippen LogP contribution in [0.4, 0.5) is 0 Å². The minimum absolute atomic E-state index is 0.170. The van der Waals surface area contributed by atoms with E-state index in [0.717, 1.165) is 32.7 Å². The number of thiophene rings is 1. The number of hydrogen-bond donors (Lipinski definition) is 2. The van der Waals surface area contributed by atoms with Crippen molar-refractivity contribution in [1.82, 2.24) is 15.3 Å². The molecule has 4 rings (SSSR count). The van der Waals surface area contributed by atoms with E-state index in [1.165, 1.54) is 0 Å². The third kappa shape index (κ3) is 3.46. The summed E-state index contributed by atoms with van der Waals surface area (Å²) in [6, 6.07) is 15.2. The van der Waals surface area contributed by atoms with Crippen molar-refractivity contribution in [1.29, 1.82) is 0 Å². The number of carbonyl (C=O) groups excluding carboxylic acids is 1. The number of aromatic nitrogens is 2. The molecule has 1 aromatic carbocycles. The number of benzene rings is 1. The summed E-state index contributed by atoms with van der Waals surface area (Å²) in [5.74, 6) is -0.226. The maximum atomic E-state index is 13.0. The number of pyridine rings is 2. The number of hydrogen-bond acceptors (Lipinski definition) is 4. The highest BCUT2D eigenvalue weighted by atomic mass is 32.1. The Kier molecular flexibility index (Phi) is 4.79. The SMILES string of the molecule is Cc1cc(C)c(CNC(=O)c2cc(-c3cccs3)nc3ccccc23)c(=O)[nH]1. The van der Waals surface area contributed by atoms with Gasteiger partial charge in [-0.25, -0.2) is 4.98 Å². The highest BCUT2D eigenvalue weighted by Gasteiger charge is 2.15. The van der Waals surface area contributed by atoms with Crippen LogP contribution in [0.1, 0.15) is 27.2 Å². The van der Waals surface area contributed by atoms with Gasteiger partial charge in [-0.15, -0.1) is 11.3 Å². The number of rotatable bonds is 4. The first-order valence-electron chi connectivity index (χ1n) is 8.94. The average molecular weight is 389 g/mol. The molecule has 4 aromatic rings. The first kappa shape index (κ1) is 18.1. The van der Waals surface area contributed by atoms with Gasteiger partial charge in [0.2, 0.25) is 0 Å².